The highest BCUT2D eigenvalue weighted by Crippen LogP contribution is 2.52. The second kappa shape index (κ2) is 7.16. The van der Waals surface area contributed by atoms with E-state index < -0.39 is 5.41 Å². The summed E-state index contributed by atoms with van der Waals surface area (Å²) in [6.07, 6.45) is 4.29. The van der Waals surface area contributed by atoms with E-state index in [-0.39, 0.29) is 29.5 Å². The summed E-state index contributed by atoms with van der Waals surface area (Å²) in [5.74, 6) is -0.469. The molecular formula is C20H23N3O4S. The topological polar surface area (TPSA) is 81.5 Å². The molecule has 2 aliphatic heterocycles. The number of carbonyl (C=O) groups excluding carboxylic acids is 2. The van der Waals surface area contributed by atoms with Crippen LogP contribution in [-0.2, 0) is 22.5 Å². The number of nitrogens with zero attached hydrogens (tertiary/aromatic N) is 3. The van der Waals surface area contributed by atoms with E-state index in [0.29, 0.717) is 24.9 Å². The molecule has 0 spiro atoms. The van der Waals surface area contributed by atoms with Gasteiger partial charge in [-0.15, -0.1) is 11.3 Å². The second-order valence-electron chi connectivity index (χ2n) is 7.51. The molecule has 0 radical (unpaired) electrons. The van der Waals surface area contributed by atoms with Crippen LogP contribution in [-0.4, -0.2) is 45.5 Å². The van der Waals surface area contributed by atoms with Gasteiger partial charge < -0.3 is 14.2 Å². The van der Waals surface area contributed by atoms with Gasteiger partial charge in [0.05, 0.1) is 23.7 Å². The Labute approximate surface area is 167 Å². The number of amides is 1. The molecule has 2 bridgehead atoms. The summed E-state index contributed by atoms with van der Waals surface area (Å²) in [5, 5.41) is 1.94. The normalized spacial score (nSPS) is 25.9. The van der Waals surface area contributed by atoms with Gasteiger partial charge in [0.25, 0.3) is 11.5 Å². The number of aryl methyl sites for hydroxylation is 1. The first kappa shape index (κ1) is 18.9. The largest absolute Gasteiger partial charge is 0.469 e. The molecule has 7 nitrogen and oxygen atoms in total. The molecule has 0 saturated carbocycles. The average molecular weight is 401 g/mol. The SMILES string of the molecule is CCn1ccc(C(=O)N2[C@@H]3CC[C@H]2[C@@](Cc2cscn2)(C(=O)OC)C3)cc1=O. The van der Waals surface area contributed by atoms with E-state index >= 15 is 0 Å². The van der Waals surface area contributed by atoms with Crippen molar-refractivity contribution in [3.63, 3.8) is 0 Å². The van der Waals surface area contributed by atoms with Gasteiger partial charge >= 0.3 is 5.97 Å². The maximum atomic E-state index is 13.3. The number of aromatic nitrogens is 2. The van der Waals surface area contributed by atoms with Crippen molar-refractivity contribution in [3.8, 4) is 0 Å². The van der Waals surface area contributed by atoms with E-state index in [0.717, 1.165) is 18.5 Å². The van der Waals surface area contributed by atoms with Gasteiger partial charge in [0, 0.05) is 48.3 Å². The minimum Gasteiger partial charge on any atom is -0.469 e. The summed E-state index contributed by atoms with van der Waals surface area (Å²) >= 11 is 1.49. The molecule has 3 atom stereocenters. The first-order valence-electron chi connectivity index (χ1n) is 9.49. The van der Waals surface area contributed by atoms with Crippen LogP contribution in [0.4, 0.5) is 0 Å². The van der Waals surface area contributed by atoms with Gasteiger partial charge in [-0.2, -0.15) is 0 Å². The quantitative estimate of drug-likeness (QED) is 0.717. The zero-order chi connectivity index (χ0) is 19.9. The summed E-state index contributed by atoms with van der Waals surface area (Å²) in [5.41, 5.74) is 2.00. The number of esters is 1. The molecule has 0 aliphatic carbocycles. The smallest absolute Gasteiger partial charge is 0.314 e. The third-order valence-electron chi connectivity index (χ3n) is 6.13. The van der Waals surface area contributed by atoms with Crippen LogP contribution in [0.2, 0.25) is 0 Å². The van der Waals surface area contributed by atoms with Crippen LogP contribution >= 0.6 is 11.3 Å². The van der Waals surface area contributed by atoms with Crippen molar-refractivity contribution in [1.29, 1.82) is 0 Å². The van der Waals surface area contributed by atoms with E-state index in [1.165, 1.54) is 24.5 Å². The Morgan fingerprint density at radius 2 is 2.21 bits per heavy atom. The average Bonchev–Trinajstić information content (AvgIpc) is 3.42. The number of ether oxygens (including phenoxy) is 1. The highest BCUT2D eigenvalue weighted by molar-refractivity contribution is 7.07. The monoisotopic (exact) mass is 401 g/mol. The fourth-order valence-electron chi connectivity index (χ4n) is 4.87. The minimum atomic E-state index is -0.778. The molecule has 2 aliphatic rings. The molecule has 8 heteroatoms. The van der Waals surface area contributed by atoms with Gasteiger partial charge in [-0.05, 0) is 32.3 Å². The van der Waals surface area contributed by atoms with Crippen LogP contribution in [0.15, 0.2) is 34.0 Å². The molecule has 2 fully saturated rings. The lowest BCUT2D eigenvalue weighted by Crippen LogP contribution is -2.47. The Morgan fingerprint density at radius 1 is 1.39 bits per heavy atom. The number of thiazole rings is 1. The summed E-state index contributed by atoms with van der Waals surface area (Å²) in [6, 6.07) is 2.81. The summed E-state index contributed by atoms with van der Waals surface area (Å²) < 4.78 is 6.72. The minimum absolute atomic E-state index is 0.0242. The van der Waals surface area contributed by atoms with Crippen molar-refractivity contribution in [3.05, 3.63) is 50.8 Å². The zero-order valence-electron chi connectivity index (χ0n) is 16.0. The van der Waals surface area contributed by atoms with Crippen molar-refractivity contribution in [2.75, 3.05) is 7.11 Å². The number of carbonyl (C=O) groups is 2. The Morgan fingerprint density at radius 3 is 2.86 bits per heavy atom. The molecule has 4 heterocycles. The maximum Gasteiger partial charge on any atom is 0.314 e. The van der Waals surface area contributed by atoms with Crippen molar-refractivity contribution in [2.45, 2.75) is 51.2 Å². The molecule has 2 aromatic rings. The molecule has 1 amide bonds. The number of rotatable bonds is 5. The number of hydrogen-bond acceptors (Lipinski definition) is 6. The molecule has 2 aromatic heterocycles. The molecule has 2 saturated heterocycles. The van der Waals surface area contributed by atoms with Gasteiger partial charge in [0.2, 0.25) is 0 Å². The molecule has 0 N–H and O–H groups in total. The highest BCUT2D eigenvalue weighted by Gasteiger charge is 2.62. The molecule has 28 heavy (non-hydrogen) atoms. The Kier molecular flexibility index (Phi) is 4.82. The van der Waals surface area contributed by atoms with Crippen molar-refractivity contribution < 1.29 is 14.3 Å². The van der Waals surface area contributed by atoms with Crippen LogP contribution in [0.25, 0.3) is 0 Å². The Hall–Kier alpha value is -2.48. The predicted octanol–water partition coefficient (Wildman–Crippen LogP) is 2.10. The number of fused-ring (bicyclic) bond motifs is 2. The van der Waals surface area contributed by atoms with E-state index in [1.807, 2.05) is 17.2 Å². The van der Waals surface area contributed by atoms with Gasteiger partial charge in [-0.3, -0.25) is 14.4 Å². The van der Waals surface area contributed by atoms with Gasteiger partial charge in [0.15, 0.2) is 0 Å². The predicted molar refractivity (Wildman–Crippen MR) is 104 cm³/mol. The fourth-order valence-corrected chi connectivity index (χ4v) is 5.43. The Bertz CT molecular complexity index is 955. The fraction of sp³-hybridized carbons (Fsp3) is 0.500. The van der Waals surface area contributed by atoms with Crippen LogP contribution < -0.4 is 5.56 Å². The molecule has 0 unspecified atom stereocenters. The highest BCUT2D eigenvalue weighted by atomic mass is 32.1. The van der Waals surface area contributed by atoms with Crippen molar-refractivity contribution >= 4 is 23.2 Å². The van der Waals surface area contributed by atoms with Gasteiger partial charge in [0.1, 0.15) is 0 Å². The molecule has 148 valence electrons. The van der Waals surface area contributed by atoms with Crippen LogP contribution in [0, 0.1) is 5.41 Å². The van der Waals surface area contributed by atoms with Crippen LogP contribution in [0.3, 0.4) is 0 Å². The van der Waals surface area contributed by atoms with Crippen molar-refractivity contribution in [2.24, 2.45) is 5.41 Å². The number of hydrogen-bond donors (Lipinski definition) is 0. The Balaban J connectivity index is 1.68. The van der Waals surface area contributed by atoms with E-state index in [1.54, 1.807) is 22.3 Å². The lowest BCUT2D eigenvalue weighted by atomic mass is 9.71. The second-order valence-corrected chi connectivity index (χ2v) is 8.23. The summed E-state index contributed by atoms with van der Waals surface area (Å²) in [6.45, 7) is 2.44. The summed E-state index contributed by atoms with van der Waals surface area (Å²) in [7, 11) is 1.40. The lowest BCUT2D eigenvalue weighted by molar-refractivity contribution is -0.154. The van der Waals surface area contributed by atoms with Gasteiger partial charge in [-0.1, -0.05) is 0 Å². The number of pyridine rings is 1. The van der Waals surface area contributed by atoms with E-state index in [2.05, 4.69) is 4.98 Å². The first-order valence-corrected chi connectivity index (χ1v) is 10.4. The third-order valence-corrected chi connectivity index (χ3v) is 6.77. The standard InChI is InChI=1S/C20H23N3O4S/c1-3-22-7-6-13(8-17(22)24)18(25)23-15-4-5-16(23)20(10-15,19(26)27-2)9-14-11-28-12-21-14/h6-8,11-12,15-16H,3-5,9-10H2,1-2H3/t15-,16+,20+/m1/s1. The molecular weight excluding hydrogens is 378 g/mol. The van der Waals surface area contributed by atoms with Crippen LogP contribution in [0.5, 0.6) is 0 Å². The summed E-state index contributed by atoms with van der Waals surface area (Å²) in [4.78, 5) is 44.5. The van der Waals surface area contributed by atoms with Crippen LogP contribution in [0.1, 0.15) is 42.2 Å². The van der Waals surface area contributed by atoms with Gasteiger partial charge in [-0.25, -0.2) is 4.98 Å². The lowest BCUT2D eigenvalue weighted by Gasteiger charge is -2.34. The van der Waals surface area contributed by atoms with Crippen molar-refractivity contribution in [1.82, 2.24) is 14.5 Å². The van der Waals surface area contributed by atoms with E-state index in [4.69, 9.17) is 4.74 Å². The maximum absolute atomic E-state index is 13.3. The zero-order valence-corrected chi connectivity index (χ0v) is 16.8. The number of methoxy groups -OCH3 is 1. The molecule has 4 rings (SSSR count). The van der Waals surface area contributed by atoms with E-state index in [9.17, 15) is 14.4 Å². The first-order chi connectivity index (χ1) is 13.5. The third kappa shape index (κ3) is 2.87. The molecule has 0 aromatic carbocycles.